The van der Waals surface area contributed by atoms with Gasteiger partial charge in [-0.2, -0.15) is 0 Å². The molecule has 1 fully saturated rings. The maximum atomic E-state index is 11.8. The minimum Gasteiger partial charge on any atom is -0.393 e. The molecule has 1 aliphatic rings. The number of hydrogen-bond acceptors (Lipinski definition) is 4. The van der Waals surface area contributed by atoms with Gasteiger partial charge in [-0.1, -0.05) is 0 Å². The molecule has 82 valence electrons. The molecule has 1 saturated carbocycles. The Hall–Kier alpha value is -0.940. The lowest BCUT2D eigenvalue weighted by atomic mass is 9.84. The number of sulfone groups is 1. The van der Waals surface area contributed by atoms with E-state index >= 15 is 0 Å². The lowest BCUT2D eigenvalue weighted by molar-refractivity contribution is 0.0526. The Balaban J connectivity index is 2.08. The largest absolute Gasteiger partial charge is 0.393 e. The van der Waals surface area contributed by atoms with Gasteiger partial charge >= 0.3 is 0 Å². The van der Waals surface area contributed by atoms with Crippen molar-refractivity contribution in [3.05, 3.63) is 24.5 Å². The molecule has 0 unspecified atom stereocenters. The number of pyridine rings is 1. The summed E-state index contributed by atoms with van der Waals surface area (Å²) in [5.74, 6) is 0.223. The fraction of sp³-hybridized carbons (Fsp3) is 0.500. The van der Waals surface area contributed by atoms with Crippen LogP contribution in [-0.4, -0.2) is 30.4 Å². The Morgan fingerprint density at radius 1 is 1.47 bits per heavy atom. The highest BCUT2D eigenvalue weighted by Crippen LogP contribution is 2.29. The second-order valence-corrected chi connectivity index (χ2v) is 6.00. The van der Waals surface area contributed by atoms with Crippen LogP contribution in [0.5, 0.6) is 0 Å². The Morgan fingerprint density at radius 3 is 2.73 bits per heavy atom. The van der Waals surface area contributed by atoms with Gasteiger partial charge in [0.1, 0.15) is 0 Å². The quantitative estimate of drug-likeness (QED) is 0.822. The average Bonchev–Trinajstić information content (AvgIpc) is 2.17. The first kappa shape index (κ1) is 10.6. The summed E-state index contributed by atoms with van der Waals surface area (Å²) < 4.78 is 23.6. The van der Waals surface area contributed by atoms with Gasteiger partial charge in [-0.15, -0.1) is 0 Å². The average molecular weight is 227 g/mol. The van der Waals surface area contributed by atoms with Crippen molar-refractivity contribution in [1.29, 1.82) is 0 Å². The predicted octanol–water partition coefficient (Wildman–Crippen LogP) is 0.626. The van der Waals surface area contributed by atoms with Crippen LogP contribution in [-0.2, 0) is 9.84 Å². The topological polar surface area (TPSA) is 67.3 Å². The Morgan fingerprint density at radius 2 is 2.20 bits per heavy atom. The van der Waals surface area contributed by atoms with E-state index in [9.17, 15) is 8.42 Å². The van der Waals surface area contributed by atoms with Crippen LogP contribution in [0.3, 0.4) is 0 Å². The van der Waals surface area contributed by atoms with Crippen molar-refractivity contribution in [3.63, 3.8) is 0 Å². The minimum absolute atomic E-state index is 0.102. The molecule has 1 aromatic heterocycles. The highest BCUT2D eigenvalue weighted by Gasteiger charge is 2.31. The molecule has 1 heterocycles. The third-order valence-corrected chi connectivity index (χ3v) is 4.53. The molecule has 5 heteroatoms. The number of aliphatic hydroxyl groups excluding tert-OH is 1. The molecule has 1 N–H and O–H groups in total. The lowest BCUT2D eigenvalue weighted by Gasteiger charge is -2.30. The van der Waals surface area contributed by atoms with Gasteiger partial charge in [0, 0.05) is 12.4 Å². The smallest absolute Gasteiger partial charge is 0.180 e. The zero-order valence-electron chi connectivity index (χ0n) is 8.20. The van der Waals surface area contributed by atoms with Gasteiger partial charge in [-0.3, -0.25) is 4.98 Å². The third kappa shape index (κ3) is 2.35. The van der Waals surface area contributed by atoms with Crippen molar-refractivity contribution in [1.82, 2.24) is 4.98 Å². The molecule has 1 aromatic rings. The van der Waals surface area contributed by atoms with Crippen LogP contribution in [0, 0.1) is 5.92 Å². The van der Waals surface area contributed by atoms with Gasteiger partial charge in [0.25, 0.3) is 0 Å². The zero-order valence-corrected chi connectivity index (χ0v) is 9.02. The first-order valence-corrected chi connectivity index (χ1v) is 6.54. The number of hydrogen-bond donors (Lipinski definition) is 1. The minimum atomic E-state index is -3.22. The van der Waals surface area contributed by atoms with Gasteiger partial charge in [0.05, 0.1) is 16.8 Å². The van der Waals surface area contributed by atoms with E-state index in [-0.39, 0.29) is 22.7 Å². The molecule has 0 saturated heterocycles. The summed E-state index contributed by atoms with van der Waals surface area (Å²) in [5.41, 5.74) is 0. The molecular weight excluding hydrogens is 214 g/mol. The summed E-state index contributed by atoms with van der Waals surface area (Å²) in [5, 5.41) is 9.08. The SMILES string of the molecule is O=S(=O)(CC1CC(O)C1)c1cccnc1. The number of rotatable bonds is 3. The number of aromatic nitrogens is 1. The highest BCUT2D eigenvalue weighted by atomic mass is 32.2. The molecule has 0 amide bonds. The summed E-state index contributed by atoms with van der Waals surface area (Å²) in [4.78, 5) is 4.06. The summed E-state index contributed by atoms with van der Waals surface area (Å²) in [6.45, 7) is 0. The van der Waals surface area contributed by atoms with Crippen LogP contribution in [0.2, 0.25) is 0 Å². The van der Waals surface area contributed by atoms with Crippen LogP contribution < -0.4 is 0 Å². The third-order valence-electron chi connectivity index (χ3n) is 2.66. The van der Waals surface area contributed by atoms with Gasteiger partial charge in [-0.05, 0) is 30.9 Å². The monoisotopic (exact) mass is 227 g/mol. The molecule has 0 aliphatic heterocycles. The second-order valence-electron chi connectivity index (χ2n) is 3.96. The van der Waals surface area contributed by atoms with E-state index in [0.717, 1.165) is 0 Å². The molecule has 15 heavy (non-hydrogen) atoms. The lowest BCUT2D eigenvalue weighted by Crippen LogP contribution is -2.33. The Bertz CT molecular complexity index is 423. The van der Waals surface area contributed by atoms with Gasteiger partial charge in [0.2, 0.25) is 0 Å². The van der Waals surface area contributed by atoms with E-state index in [4.69, 9.17) is 5.11 Å². The van der Waals surface area contributed by atoms with Crippen molar-refractivity contribution < 1.29 is 13.5 Å². The summed E-state index contributed by atoms with van der Waals surface area (Å²) in [6, 6.07) is 3.17. The zero-order chi connectivity index (χ0) is 10.9. The molecule has 4 nitrogen and oxygen atoms in total. The van der Waals surface area contributed by atoms with Crippen LogP contribution in [0.1, 0.15) is 12.8 Å². The van der Waals surface area contributed by atoms with E-state index in [1.165, 1.54) is 6.20 Å². The van der Waals surface area contributed by atoms with Crippen molar-refractivity contribution in [2.24, 2.45) is 5.92 Å². The standard InChI is InChI=1S/C10H13NO3S/c12-9-4-8(5-9)7-15(13,14)10-2-1-3-11-6-10/h1-3,6,8-9,12H,4-5,7H2. The maximum absolute atomic E-state index is 11.8. The van der Waals surface area contributed by atoms with Crippen molar-refractivity contribution in [3.8, 4) is 0 Å². The fourth-order valence-corrected chi connectivity index (χ4v) is 3.37. The van der Waals surface area contributed by atoms with Gasteiger partial charge in [0.15, 0.2) is 9.84 Å². The van der Waals surface area contributed by atoms with Gasteiger partial charge < -0.3 is 5.11 Å². The Kier molecular flexibility index (Phi) is 2.75. The molecule has 0 aromatic carbocycles. The number of nitrogens with zero attached hydrogens (tertiary/aromatic N) is 1. The Labute approximate surface area is 88.9 Å². The first-order valence-electron chi connectivity index (χ1n) is 4.89. The van der Waals surface area contributed by atoms with Crippen molar-refractivity contribution in [2.45, 2.75) is 23.8 Å². The van der Waals surface area contributed by atoms with E-state index in [0.29, 0.717) is 12.8 Å². The molecule has 2 rings (SSSR count). The summed E-state index contributed by atoms with van der Waals surface area (Å²) >= 11 is 0. The predicted molar refractivity (Wildman–Crippen MR) is 55.0 cm³/mol. The molecule has 1 aliphatic carbocycles. The van der Waals surface area contributed by atoms with E-state index in [2.05, 4.69) is 4.98 Å². The number of aliphatic hydroxyl groups is 1. The van der Waals surface area contributed by atoms with E-state index in [1.807, 2.05) is 0 Å². The highest BCUT2D eigenvalue weighted by molar-refractivity contribution is 7.91. The molecule has 0 atom stereocenters. The van der Waals surface area contributed by atoms with Crippen LogP contribution in [0.15, 0.2) is 29.4 Å². The maximum Gasteiger partial charge on any atom is 0.180 e. The molecule has 0 radical (unpaired) electrons. The van der Waals surface area contributed by atoms with Crippen LogP contribution in [0.4, 0.5) is 0 Å². The van der Waals surface area contributed by atoms with E-state index in [1.54, 1.807) is 18.3 Å². The van der Waals surface area contributed by atoms with Gasteiger partial charge in [-0.25, -0.2) is 8.42 Å². The van der Waals surface area contributed by atoms with E-state index < -0.39 is 9.84 Å². The molecular formula is C10H13NO3S. The normalized spacial score (nSPS) is 25.9. The second kappa shape index (κ2) is 3.90. The first-order chi connectivity index (χ1) is 7.08. The van der Waals surface area contributed by atoms with Crippen molar-refractivity contribution >= 4 is 9.84 Å². The molecule has 0 spiro atoms. The van der Waals surface area contributed by atoms with Crippen LogP contribution >= 0.6 is 0 Å². The summed E-state index contributed by atoms with van der Waals surface area (Å²) in [7, 11) is -3.22. The fourth-order valence-electron chi connectivity index (χ4n) is 1.77. The summed E-state index contributed by atoms with van der Waals surface area (Å²) in [6.07, 6.45) is 3.80. The molecule has 0 bridgehead atoms. The van der Waals surface area contributed by atoms with Crippen LogP contribution in [0.25, 0.3) is 0 Å². The van der Waals surface area contributed by atoms with Crippen molar-refractivity contribution in [2.75, 3.05) is 5.75 Å².